The van der Waals surface area contributed by atoms with Crippen molar-refractivity contribution in [2.75, 3.05) is 0 Å². The molecule has 1 N–H and O–H groups in total. The van der Waals surface area contributed by atoms with E-state index in [9.17, 15) is 9.90 Å². The van der Waals surface area contributed by atoms with Crippen molar-refractivity contribution in [1.82, 2.24) is 20.2 Å². The van der Waals surface area contributed by atoms with Gasteiger partial charge in [0.2, 0.25) is 0 Å². The van der Waals surface area contributed by atoms with Crippen LogP contribution in [0.25, 0.3) is 0 Å². The van der Waals surface area contributed by atoms with E-state index in [1.54, 1.807) is 4.68 Å². The van der Waals surface area contributed by atoms with Crippen LogP contribution in [0, 0.1) is 0 Å². The molecule has 2 aliphatic carbocycles. The molecule has 18 heavy (non-hydrogen) atoms. The molecule has 0 atom stereocenters. The summed E-state index contributed by atoms with van der Waals surface area (Å²) in [4.78, 5) is 11.5. The van der Waals surface area contributed by atoms with Gasteiger partial charge in [-0.25, -0.2) is 9.48 Å². The van der Waals surface area contributed by atoms with Crippen molar-refractivity contribution < 1.29 is 9.90 Å². The second kappa shape index (κ2) is 4.33. The van der Waals surface area contributed by atoms with Crippen LogP contribution < -0.4 is 0 Å². The summed E-state index contributed by atoms with van der Waals surface area (Å²) in [5.41, 5.74) is -0.865. The van der Waals surface area contributed by atoms with Gasteiger partial charge in [0.15, 0.2) is 11.4 Å². The van der Waals surface area contributed by atoms with Crippen LogP contribution in [-0.4, -0.2) is 31.3 Å². The van der Waals surface area contributed by atoms with Crippen molar-refractivity contribution in [2.45, 2.75) is 62.8 Å². The van der Waals surface area contributed by atoms with E-state index in [2.05, 4.69) is 15.5 Å². The van der Waals surface area contributed by atoms with Crippen molar-refractivity contribution in [1.29, 1.82) is 0 Å². The Labute approximate surface area is 105 Å². The number of rotatable bonds is 3. The van der Waals surface area contributed by atoms with Gasteiger partial charge in [-0.3, -0.25) is 0 Å². The number of aromatic nitrogens is 4. The molecule has 2 aliphatic rings. The Balaban J connectivity index is 1.93. The number of carbonyl (C=O) groups is 1. The largest absolute Gasteiger partial charge is 0.479 e. The number of hydrogen-bond acceptors (Lipinski definition) is 4. The Hall–Kier alpha value is -1.46. The Bertz CT molecular complexity index is 447. The fraction of sp³-hybridized carbons (Fsp3) is 0.833. The Kier molecular flexibility index (Phi) is 2.80. The van der Waals surface area contributed by atoms with Gasteiger partial charge in [-0.2, -0.15) is 0 Å². The van der Waals surface area contributed by atoms with Gasteiger partial charge in [-0.15, -0.1) is 5.10 Å². The second-order valence-corrected chi connectivity index (χ2v) is 5.47. The van der Waals surface area contributed by atoms with Crippen LogP contribution in [-0.2, 0) is 10.3 Å². The smallest absolute Gasteiger partial charge is 0.331 e. The number of carboxylic acid groups (broad SMARTS) is 1. The number of hydrogen-bond donors (Lipinski definition) is 1. The summed E-state index contributed by atoms with van der Waals surface area (Å²) in [6.45, 7) is 0. The molecule has 98 valence electrons. The normalized spacial score (nSPS) is 23.6. The van der Waals surface area contributed by atoms with E-state index in [0.717, 1.165) is 25.1 Å². The van der Waals surface area contributed by atoms with Crippen molar-refractivity contribution in [3.63, 3.8) is 0 Å². The molecule has 0 bridgehead atoms. The second-order valence-electron chi connectivity index (χ2n) is 5.47. The van der Waals surface area contributed by atoms with Gasteiger partial charge in [0.05, 0.1) is 0 Å². The van der Waals surface area contributed by atoms with Crippen LogP contribution >= 0.6 is 0 Å². The van der Waals surface area contributed by atoms with Gasteiger partial charge in [0.25, 0.3) is 0 Å². The molecule has 0 aromatic carbocycles. The lowest BCUT2D eigenvalue weighted by Gasteiger charge is -2.38. The van der Waals surface area contributed by atoms with Gasteiger partial charge >= 0.3 is 5.97 Å². The monoisotopic (exact) mass is 250 g/mol. The molecule has 2 saturated carbocycles. The number of aliphatic carboxylic acids is 1. The van der Waals surface area contributed by atoms with E-state index < -0.39 is 11.5 Å². The lowest BCUT2D eigenvalue weighted by atomic mass is 9.76. The van der Waals surface area contributed by atoms with Crippen LogP contribution in [0.15, 0.2) is 0 Å². The first-order valence-corrected chi connectivity index (χ1v) is 6.76. The highest BCUT2D eigenvalue weighted by Gasteiger charge is 2.49. The van der Waals surface area contributed by atoms with Gasteiger partial charge < -0.3 is 5.11 Å². The average Bonchev–Trinajstić information content (AvgIpc) is 2.77. The first kappa shape index (κ1) is 11.6. The predicted molar refractivity (Wildman–Crippen MR) is 63.1 cm³/mol. The minimum absolute atomic E-state index is 0.338. The van der Waals surface area contributed by atoms with Gasteiger partial charge in [-0.1, -0.05) is 19.3 Å². The van der Waals surface area contributed by atoms with Crippen LogP contribution in [0.2, 0.25) is 0 Å². The van der Waals surface area contributed by atoms with Gasteiger partial charge in [0, 0.05) is 5.92 Å². The molecule has 0 unspecified atom stereocenters. The molecule has 1 aromatic rings. The molecular formula is C12H18N4O2. The summed E-state index contributed by atoms with van der Waals surface area (Å²) >= 11 is 0. The molecule has 0 amide bonds. The van der Waals surface area contributed by atoms with Gasteiger partial charge in [-0.05, 0) is 42.5 Å². The molecule has 0 saturated heterocycles. The maximum Gasteiger partial charge on any atom is 0.331 e. The Morgan fingerprint density at radius 3 is 2.50 bits per heavy atom. The zero-order chi connectivity index (χ0) is 12.6. The van der Waals surface area contributed by atoms with Crippen LogP contribution in [0.4, 0.5) is 0 Å². The number of carboxylic acids is 1. The third-order valence-electron chi connectivity index (χ3n) is 4.45. The molecule has 3 rings (SSSR count). The average molecular weight is 250 g/mol. The molecular weight excluding hydrogens is 232 g/mol. The van der Waals surface area contributed by atoms with E-state index in [1.807, 2.05) is 0 Å². The summed E-state index contributed by atoms with van der Waals surface area (Å²) in [5, 5.41) is 21.3. The predicted octanol–water partition coefficient (Wildman–Crippen LogP) is 1.68. The summed E-state index contributed by atoms with van der Waals surface area (Å²) in [6.07, 6.45) is 8.04. The SMILES string of the molecule is O=C(O)C1(n2nnnc2C2CCCCC2)CCC1. The van der Waals surface area contributed by atoms with Crippen molar-refractivity contribution >= 4 is 5.97 Å². The summed E-state index contributed by atoms with van der Waals surface area (Å²) in [7, 11) is 0. The minimum Gasteiger partial charge on any atom is -0.479 e. The van der Waals surface area contributed by atoms with Crippen LogP contribution in [0.1, 0.15) is 63.1 Å². The zero-order valence-electron chi connectivity index (χ0n) is 10.4. The molecule has 6 heteroatoms. The Morgan fingerprint density at radius 2 is 1.94 bits per heavy atom. The van der Waals surface area contributed by atoms with E-state index in [-0.39, 0.29) is 0 Å². The third kappa shape index (κ3) is 1.62. The van der Waals surface area contributed by atoms with Crippen molar-refractivity contribution in [3.8, 4) is 0 Å². The molecule has 0 aliphatic heterocycles. The summed E-state index contributed by atoms with van der Waals surface area (Å²) < 4.78 is 1.61. The highest BCUT2D eigenvalue weighted by atomic mass is 16.4. The molecule has 0 radical (unpaired) electrons. The summed E-state index contributed by atoms with van der Waals surface area (Å²) in [5.74, 6) is 0.334. The minimum atomic E-state index is -0.865. The van der Waals surface area contributed by atoms with Gasteiger partial charge in [0.1, 0.15) is 0 Å². The molecule has 1 aromatic heterocycles. The maximum atomic E-state index is 11.5. The lowest BCUT2D eigenvalue weighted by molar-refractivity contribution is -0.153. The van der Waals surface area contributed by atoms with Crippen LogP contribution in [0.3, 0.4) is 0 Å². The Morgan fingerprint density at radius 1 is 1.22 bits per heavy atom. The van der Waals surface area contributed by atoms with E-state index in [0.29, 0.717) is 18.8 Å². The first-order chi connectivity index (χ1) is 8.74. The molecule has 1 heterocycles. The lowest BCUT2D eigenvalue weighted by Crippen LogP contribution is -2.49. The first-order valence-electron chi connectivity index (χ1n) is 6.76. The highest BCUT2D eigenvalue weighted by Crippen LogP contribution is 2.42. The fourth-order valence-corrected chi connectivity index (χ4v) is 3.14. The van der Waals surface area contributed by atoms with E-state index >= 15 is 0 Å². The quantitative estimate of drug-likeness (QED) is 0.882. The number of tetrazole rings is 1. The third-order valence-corrected chi connectivity index (χ3v) is 4.45. The number of nitrogens with zero attached hydrogens (tertiary/aromatic N) is 4. The zero-order valence-corrected chi connectivity index (χ0v) is 10.4. The van der Waals surface area contributed by atoms with Crippen molar-refractivity contribution in [2.24, 2.45) is 0 Å². The molecule has 2 fully saturated rings. The summed E-state index contributed by atoms with van der Waals surface area (Å²) in [6, 6.07) is 0. The van der Waals surface area contributed by atoms with Crippen LogP contribution in [0.5, 0.6) is 0 Å². The molecule has 0 spiro atoms. The molecule has 6 nitrogen and oxygen atoms in total. The van der Waals surface area contributed by atoms with E-state index in [4.69, 9.17) is 0 Å². The fourth-order valence-electron chi connectivity index (χ4n) is 3.14. The highest BCUT2D eigenvalue weighted by molar-refractivity contribution is 5.77. The van der Waals surface area contributed by atoms with Crippen molar-refractivity contribution in [3.05, 3.63) is 5.82 Å². The standard InChI is InChI=1S/C12H18N4O2/c17-11(18)12(7-4-8-12)16-10(13-14-15-16)9-5-2-1-3-6-9/h9H,1-8H2,(H,17,18). The topological polar surface area (TPSA) is 80.9 Å². The van der Waals surface area contributed by atoms with E-state index in [1.165, 1.54) is 19.3 Å². The maximum absolute atomic E-state index is 11.5.